The van der Waals surface area contributed by atoms with Crippen molar-refractivity contribution in [3.8, 4) is 0 Å². The van der Waals surface area contributed by atoms with E-state index < -0.39 is 0 Å². The number of hydrogen-bond acceptors (Lipinski definition) is 3. The second-order valence-corrected chi connectivity index (χ2v) is 4.19. The van der Waals surface area contributed by atoms with Gasteiger partial charge in [-0.15, -0.1) is 12.4 Å². The van der Waals surface area contributed by atoms with Crippen LogP contribution >= 0.6 is 12.4 Å². The molecule has 1 aliphatic heterocycles. The van der Waals surface area contributed by atoms with Crippen molar-refractivity contribution in [2.75, 3.05) is 20.1 Å². The van der Waals surface area contributed by atoms with E-state index in [-0.39, 0.29) is 18.5 Å². The van der Waals surface area contributed by atoms with Crippen LogP contribution in [0.5, 0.6) is 0 Å². The largest absolute Gasteiger partial charge is 0.390 e. The van der Waals surface area contributed by atoms with E-state index >= 15 is 0 Å². The fraction of sp³-hybridized carbons (Fsp3) is 0.500. The van der Waals surface area contributed by atoms with Gasteiger partial charge >= 0.3 is 0 Å². The van der Waals surface area contributed by atoms with Gasteiger partial charge in [-0.2, -0.15) is 0 Å². The molecule has 0 aromatic heterocycles. The Labute approximate surface area is 103 Å². The number of hydrogen-bond donors (Lipinski definition) is 2. The predicted molar refractivity (Wildman–Crippen MR) is 67.7 cm³/mol. The molecule has 0 spiro atoms. The first-order chi connectivity index (χ1) is 7.28. The van der Waals surface area contributed by atoms with E-state index in [0.717, 1.165) is 26.2 Å². The molecule has 0 unspecified atom stereocenters. The second kappa shape index (κ2) is 6.21. The first kappa shape index (κ1) is 13.5. The van der Waals surface area contributed by atoms with Crippen LogP contribution in [0.4, 0.5) is 0 Å². The van der Waals surface area contributed by atoms with Gasteiger partial charge in [-0.1, -0.05) is 24.3 Å². The van der Waals surface area contributed by atoms with E-state index in [1.165, 1.54) is 11.1 Å². The summed E-state index contributed by atoms with van der Waals surface area (Å²) >= 11 is 0. The molecule has 1 fully saturated rings. The summed E-state index contributed by atoms with van der Waals surface area (Å²) in [6.07, 6.45) is -0.103. The normalized spacial score (nSPS) is 16.6. The number of halogens is 1. The Morgan fingerprint density at radius 2 is 1.81 bits per heavy atom. The molecule has 2 N–H and O–H groups in total. The molecule has 0 bridgehead atoms. The molecule has 1 aromatic carbocycles. The molecule has 1 heterocycles. The number of rotatable bonds is 4. The standard InChI is InChI=1S/C12H18N2O.ClH/c1-13-6-10-2-4-11(5-3-10)7-14-8-12(15)9-14;/h2-5,12-13,15H,6-9H2,1H3;1H. The highest BCUT2D eigenvalue weighted by atomic mass is 35.5. The Kier molecular flexibility index (Phi) is 5.22. The molecule has 1 aromatic rings. The van der Waals surface area contributed by atoms with Crippen molar-refractivity contribution in [2.24, 2.45) is 0 Å². The van der Waals surface area contributed by atoms with Gasteiger partial charge in [0.1, 0.15) is 0 Å². The van der Waals surface area contributed by atoms with Crippen LogP contribution in [-0.4, -0.2) is 36.2 Å². The van der Waals surface area contributed by atoms with Crippen molar-refractivity contribution in [2.45, 2.75) is 19.2 Å². The van der Waals surface area contributed by atoms with Gasteiger partial charge in [0.05, 0.1) is 6.10 Å². The van der Waals surface area contributed by atoms with E-state index in [1.54, 1.807) is 0 Å². The summed E-state index contributed by atoms with van der Waals surface area (Å²) in [5, 5.41) is 12.3. The summed E-state index contributed by atoms with van der Waals surface area (Å²) in [6, 6.07) is 8.64. The Bertz CT molecular complexity index is 309. The lowest BCUT2D eigenvalue weighted by Crippen LogP contribution is -2.49. The average Bonchev–Trinajstić information content (AvgIpc) is 2.19. The quantitative estimate of drug-likeness (QED) is 0.827. The van der Waals surface area contributed by atoms with Crippen molar-refractivity contribution in [3.05, 3.63) is 35.4 Å². The fourth-order valence-electron chi connectivity index (χ4n) is 1.90. The Balaban J connectivity index is 0.00000128. The number of nitrogens with one attached hydrogen (secondary N) is 1. The number of aliphatic hydroxyl groups is 1. The second-order valence-electron chi connectivity index (χ2n) is 4.19. The minimum atomic E-state index is -0.103. The van der Waals surface area contributed by atoms with Crippen LogP contribution in [0.2, 0.25) is 0 Å². The molecule has 0 radical (unpaired) electrons. The molecule has 2 rings (SSSR count). The van der Waals surface area contributed by atoms with Gasteiger partial charge in [0, 0.05) is 26.2 Å². The first-order valence-corrected chi connectivity index (χ1v) is 5.41. The summed E-state index contributed by atoms with van der Waals surface area (Å²) < 4.78 is 0. The number of benzene rings is 1. The van der Waals surface area contributed by atoms with Gasteiger partial charge in [-0.05, 0) is 18.2 Å². The molecule has 16 heavy (non-hydrogen) atoms. The molecule has 4 heteroatoms. The number of likely N-dealkylation sites (tertiary alicyclic amines) is 1. The van der Waals surface area contributed by atoms with Gasteiger partial charge in [0.2, 0.25) is 0 Å². The van der Waals surface area contributed by atoms with Crippen LogP contribution < -0.4 is 5.32 Å². The minimum Gasteiger partial charge on any atom is -0.390 e. The van der Waals surface area contributed by atoms with Crippen LogP contribution in [-0.2, 0) is 13.1 Å². The summed E-state index contributed by atoms with van der Waals surface area (Å²) in [5.41, 5.74) is 2.63. The van der Waals surface area contributed by atoms with E-state index in [0.29, 0.717) is 0 Å². The predicted octanol–water partition coefficient (Wildman–Crippen LogP) is 1.00. The van der Waals surface area contributed by atoms with Gasteiger partial charge in [0.25, 0.3) is 0 Å². The highest BCUT2D eigenvalue weighted by Crippen LogP contribution is 2.13. The summed E-state index contributed by atoms with van der Waals surface area (Å²) in [5.74, 6) is 0. The van der Waals surface area contributed by atoms with Gasteiger partial charge < -0.3 is 10.4 Å². The fourth-order valence-corrected chi connectivity index (χ4v) is 1.90. The Hall–Kier alpha value is -0.610. The molecule has 0 amide bonds. The SMILES string of the molecule is CNCc1ccc(CN2CC(O)C2)cc1.Cl. The number of nitrogens with zero attached hydrogens (tertiary/aromatic N) is 1. The summed E-state index contributed by atoms with van der Waals surface area (Å²) in [7, 11) is 1.95. The molecule has 0 saturated carbocycles. The van der Waals surface area contributed by atoms with Gasteiger partial charge in [-0.25, -0.2) is 0 Å². The maximum absolute atomic E-state index is 9.16. The molecule has 1 aliphatic rings. The first-order valence-electron chi connectivity index (χ1n) is 5.41. The smallest absolute Gasteiger partial charge is 0.0794 e. The van der Waals surface area contributed by atoms with Crippen molar-refractivity contribution in [1.82, 2.24) is 10.2 Å². The third-order valence-corrected chi connectivity index (χ3v) is 2.75. The highest BCUT2D eigenvalue weighted by molar-refractivity contribution is 5.85. The van der Waals surface area contributed by atoms with Crippen LogP contribution in [0.25, 0.3) is 0 Å². The Morgan fingerprint density at radius 3 is 2.31 bits per heavy atom. The van der Waals surface area contributed by atoms with Gasteiger partial charge in [-0.3, -0.25) is 4.90 Å². The van der Waals surface area contributed by atoms with Crippen molar-refractivity contribution >= 4 is 12.4 Å². The third-order valence-electron chi connectivity index (χ3n) is 2.75. The van der Waals surface area contributed by atoms with Crippen molar-refractivity contribution in [3.63, 3.8) is 0 Å². The zero-order chi connectivity index (χ0) is 10.7. The van der Waals surface area contributed by atoms with Crippen LogP contribution in [0.15, 0.2) is 24.3 Å². The molecule has 3 nitrogen and oxygen atoms in total. The number of β-amino-alcohol motifs (C(OH)–C–C–N with tert-alkyl or cyclic N) is 1. The third kappa shape index (κ3) is 3.46. The molecule has 90 valence electrons. The van der Waals surface area contributed by atoms with E-state index in [9.17, 15) is 0 Å². The van der Waals surface area contributed by atoms with Crippen LogP contribution in [0.3, 0.4) is 0 Å². The maximum Gasteiger partial charge on any atom is 0.0794 e. The summed E-state index contributed by atoms with van der Waals surface area (Å²) in [6.45, 7) is 3.51. The monoisotopic (exact) mass is 242 g/mol. The lowest BCUT2D eigenvalue weighted by molar-refractivity contribution is -0.00286. The highest BCUT2D eigenvalue weighted by Gasteiger charge is 2.23. The van der Waals surface area contributed by atoms with Crippen LogP contribution in [0.1, 0.15) is 11.1 Å². The molecule has 1 saturated heterocycles. The molecular weight excluding hydrogens is 224 g/mol. The Morgan fingerprint density at radius 1 is 1.25 bits per heavy atom. The lowest BCUT2D eigenvalue weighted by atomic mass is 10.1. The molecular formula is C12H19ClN2O. The van der Waals surface area contributed by atoms with Crippen molar-refractivity contribution in [1.29, 1.82) is 0 Å². The lowest BCUT2D eigenvalue weighted by Gasteiger charge is -2.35. The number of aliphatic hydroxyl groups excluding tert-OH is 1. The van der Waals surface area contributed by atoms with E-state index in [4.69, 9.17) is 5.11 Å². The van der Waals surface area contributed by atoms with E-state index in [2.05, 4.69) is 34.5 Å². The van der Waals surface area contributed by atoms with E-state index in [1.807, 2.05) is 7.05 Å². The summed E-state index contributed by atoms with van der Waals surface area (Å²) in [4.78, 5) is 2.25. The average molecular weight is 243 g/mol. The minimum absolute atomic E-state index is 0. The van der Waals surface area contributed by atoms with Crippen LogP contribution in [0, 0.1) is 0 Å². The zero-order valence-electron chi connectivity index (χ0n) is 9.52. The van der Waals surface area contributed by atoms with Crippen molar-refractivity contribution < 1.29 is 5.11 Å². The molecule has 0 aliphatic carbocycles. The zero-order valence-corrected chi connectivity index (χ0v) is 10.3. The molecule has 0 atom stereocenters. The maximum atomic E-state index is 9.16. The topological polar surface area (TPSA) is 35.5 Å². The van der Waals surface area contributed by atoms with Gasteiger partial charge in [0.15, 0.2) is 0 Å².